The second kappa shape index (κ2) is 5.99. The second-order valence-corrected chi connectivity index (χ2v) is 4.68. The Morgan fingerprint density at radius 2 is 2.16 bits per heavy atom. The van der Waals surface area contributed by atoms with Crippen molar-refractivity contribution < 1.29 is 4.74 Å². The molecule has 19 heavy (non-hydrogen) atoms. The minimum absolute atomic E-state index is 0.867. The van der Waals surface area contributed by atoms with Crippen molar-refractivity contribution in [2.75, 3.05) is 44.7 Å². The molecule has 1 aliphatic heterocycles. The molecule has 1 fully saturated rings. The Kier molecular flexibility index (Phi) is 3.90. The Hall–Kier alpha value is -1.66. The van der Waals surface area contributed by atoms with Gasteiger partial charge in [0.25, 0.3) is 0 Å². The molecule has 6 nitrogen and oxygen atoms in total. The number of morpholine rings is 1. The van der Waals surface area contributed by atoms with Crippen LogP contribution in [0.25, 0.3) is 5.65 Å². The summed E-state index contributed by atoms with van der Waals surface area (Å²) in [5, 5.41) is 7.78. The van der Waals surface area contributed by atoms with Crippen LogP contribution in [0, 0.1) is 0 Å². The summed E-state index contributed by atoms with van der Waals surface area (Å²) in [7, 11) is 0. The number of rotatable bonds is 5. The minimum atomic E-state index is 0.867. The van der Waals surface area contributed by atoms with Crippen molar-refractivity contribution in [3.8, 4) is 0 Å². The van der Waals surface area contributed by atoms with Gasteiger partial charge < -0.3 is 10.1 Å². The Labute approximate surface area is 112 Å². The van der Waals surface area contributed by atoms with Crippen molar-refractivity contribution in [2.45, 2.75) is 6.42 Å². The molecular weight excluding hydrogens is 242 g/mol. The number of anilines is 1. The molecule has 0 spiro atoms. The van der Waals surface area contributed by atoms with Gasteiger partial charge in [0.1, 0.15) is 5.82 Å². The lowest BCUT2D eigenvalue weighted by molar-refractivity contribution is 0.0378. The second-order valence-electron chi connectivity index (χ2n) is 4.68. The molecule has 0 aliphatic carbocycles. The number of ether oxygens (including phenoxy) is 1. The maximum absolute atomic E-state index is 5.33. The third-order valence-corrected chi connectivity index (χ3v) is 3.32. The fourth-order valence-electron chi connectivity index (χ4n) is 2.25. The summed E-state index contributed by atoms with van der Waals surface area (Å²) in [5.41, 5.74) is 0.874. The van der Waals surface area contributed by atoms with E-state index in [1.165, 1.54) is 0 Å². The zero-order valence-electron chi connectivity index (χ0n) is 11.0. The minimum Gasteiger partial charge on any atom is -0.379 e. The van der Waals surface area contributed by atoms with Crippen molar-refractivity contribution in [1.82, 2.24) is 19.5 Å². The fraction of sp³-hybridized carbons (Fsp3) is 0.538. The van der Waals surface area contributed by atoms with Crippen LogP contribution >= 0.6 is 0 Å². The molecule has 1 saturated heterocycles. The molecule has 0 bridgehead atoms. The van der Waals surface area contributed by atoms with Crippen LogP contribution in [-0.4, -0.2) is 58.9 Å². The zero-order valence-corrected chi connectivity index (χ0v) is 11.0. The van der Waals surface area contributed by atoms with Gasteiger partial charge >= 0.3 is 0 Å². The Morgan fingerprint density at radius 1 is 1.26 bits per heavy atom. The lowest BCUT2D eigenvalue weighted by Gasteiger charge is -2.26. The zero-order chi connectivity index (χ0) is 12.9. The summed E-state index contributed by atoms with van der Waals surface area (Å²) in [6.45, 7) is 5.89. The lowest BCUT2D eigenvalue weighted by Crippen LogP contribution is -2.37. The summed E-state index contributed by atoms with van der Waals surface area (Å²) in [6.07, 6.45) is 4.72. The molecule has 0 radical (unpaired) electrons. The molecule has 1 N–H and O–H groups in total. The Morgan fingerprint density at radius 3 is 3.05 bits per heavy atom. The summed E-state index contributed by atoms with van der Waals surface area (Å²) in [5.74, 6) is 0.896. The standard InChI is InChI=1S/C13H19N5O/c1(6-17-8-10-19-11-9-17)4-14-12-2-3-13-15-5-7-18(13)16-12/h2-3,5,7H,1,4,6,8-11H2,(H,14,16). The number of fused-ring (bicyclic) bond motifs is 1. The van der Waals surface area contributed by atoms with Crippen LogP contribution < -0.4 is 5.32 Å². The molecule has 0 atom stereocenters. The highest BCUT2D eigenvalue weighted by atomic mass is 16.5. The molecule has 0 aromatic carbocycles. The SMILES string of the molecule is c1cn2nc(NCCCN3CCOCC3)ccc2n1. The predicted octanol–water partition coefficient (Wildman–Crippen LogP) is 0.863. The van der Waals surface area contributed by atoms with E-state index in [1.807, 2.05) is 18.3 Å². The van der Waals surface area contributed by atoms with E-state index in [-0.39, 0.29) is 0 Å². The summed E-state index contributed by atoms with van der Waals surface area (Å²) in [6, 6.07) is 3.94. The van der Waals surface area contributed by atoms with Gasteiger partial charge in [-0.05, 0) is 25.1 Å². The average molecular weight is 261 g/mol. The van der Waals surface area contributed by atoms with Crippen molar-refractivity contribution >= 4 is 11.5 Å². The molecule has 0 saturated carbocycles. The average Bonchev–Trinajstić information content (AvgIpc) is 2.92. The van der Waals surface area contributed by atoms with Crippen LogP contribution in [0.15, 0.2) is 24.5 Å². The van der Waals surface area contributed by atoms with Crippen molar-refractivity contribution in [2.24, 2.45) is 0 Å². The van der Waals surface area contributed by atoms with E-state index >= 15 is 0 Å². The van der Waals surface area contributed by atoms with E-state index in [9.17, 15) is 0 Å². The monoisotopic (exact) mass is 261 g/mol. The van der Waals surface area contributed by atoms with Crippen LogP contribution in [0.3, 0.4) is 0 Å². The molecule has 0 amide bonds. The first-order chi connectivity index (χ1) is 9.42. The molecule has 2 aromatic rings. The molecule has 1 aliphatic rings. The van der Waals surface area contributed by atoms with Gasteiger partial charge in [-0.15, -0.1) is 5.10 Å². The Balaban J connectivity index is 1.43. The quantitative estimate of drug-likeness (QED) is 0.809. The van der Waals surface area contributed by atoms with Crippen molar-refractivity contribution in [3.05, 3.63) is 24.5 Å². The number of imidazole rings is 1. The van der Waals surface area contributed by atoms with Gasteiger partial charge in [-0.1, -0.05) is 0 Å². The van der Waals surface area contributed by atoms with Gasteiger partial charge in [-0.2, -0.15) is 0 Å². The predicted molar refractivity (Wildman–Crippen MR) is 73.4 cm³/mol. The van der Waals surface area contributed by atoms with Gasteiger partial charge in [0.05, 0.1) is 13.2 Å². The summed E-state index contributed by atoms with van der Waals surface area (Å²) >= 11 is 0. The number of hydrogen-bond donors (Lipinski definition) is 1. The Bertz CT molecular complexity index is 520. The molecule has 6 heteroatoms. The van der Waals surface area contributed by atoms with Gasteiger partial charge in [-0.25, -0.2) is 9.50 Å². The smallest absolute Gasteiger partial charge is 0.153 e. The van der Waals surface area contributed by atoms with Crippen LogP contribution in [0.5, 0.6) is 0 Å². The summed E-state index contributed by atoms with van der Waals surface area (Å²) < 4.78 is 7.11. The van der Waals surface area contributed by atoms with E-state index in [4.69, 9.17) is 4.74 Å². The van der Waals surface area contributed by atoms with E-state index in [2.05, 4.69) is 20.3 Å². The molecule has 3 rings (SSSR count). The molecule has 2 aromatic heterocycles. The number of nitrogens with zero attached hydrogens (tertiary/aromatic N) is 4. The van der Waals surface area contributed by atoms with Crippen LogP contribution in [-0.2, 0) is 4.74 Å². The van der Waals surface area contributed by atoms with E-state index in [0.29, 0.717) is 0 Å². The first-order valence-electron chi connectivity index (χ1n) is 6.76. The van der Waals surface area contributed by atoms with Gasteiger partial charge in [-0.3, -0.25) is 4.90 Å². The van der Waals surface area contributed by atoms with Gasteiger partial charge in [0.2, 0.25) is 0 Å². The largest absolute Gasteiger partial charge is 0.379 e. The molecule has 0 unspecified atom stereocenters. The maximum atomic E-state index is 5.33. The van der Waals surface area contributed by atoms with Gasteiger partial charge in [0.15, 0.2) is 5.65 Å². The molecular formula is C13H19N5O. The third-order valence-electron chi connectivity index (χ3n) is 3.32. The normalized spacial score (nSPS) is 16.8. The third kappa shape index (κ3) is 3.21. The van der Waals surface area contributed by atoms with Crippen LogP contribution in [0.1, 0.15) is 6.42 Å². The highest BCUT2D eigenvalue weighted by Gasteiger charge is 2.09. The summed E-state index contributed by atoms with van der Waals surface area (Å²) in [4.78, 5) is 6.61. The van der Waals surface area contributed by atoms with Crippen LogP contribution in [0.2, 0.25) is 0 Å². The van der Waals surface area contributed by atoms with E-state index in [0.717, 1.165) is 57.3 Å². The highest BCUT2D eigenvalue weighted by molar-refractivity contribution is 5.43. The molecule has 102 valence electrons. The molecule has 3 heterocycles. The van der Waals surface area contributed by atoms with Gasteiger partial charge in [0, 0.05) is 32.0 Å². The maximum Gasteiger partial charge on any atom is 0.153 e. The number of nitrogens with one attached hydrogen (secondary N) is 1. The topological polar surface area (TPSA) is 54.7 Å². The number of hydrogen-bond acceptors (Lipinski definition) is 5. The first-order valence-corrected chi connectivity index (χ1v) is 6.76. The van der Waals surface area contributed by atoms with E-state index in [1.54, 1.807) is 10.7 Å². The van der Waals surface area contributed by atoms with E-state index < -0.39 is 0 Å². The fourth-order valence-corrected chi connectivity index (χ4v) is 2.25. The lowest BCUT2D eigenvalue weighted by atomic mass is 10.3. The number of aromatic nitrogens is 3. The van der Waals surface area contributed by atoms with Crippen molar-refractivity contribution in [3.63, 3.8) is 0 Å². The highest BCUT2D eigenvalue weighted by Crippen LogP contribution is 2.05. The van der Waals surface area contributed by atoms with Crippen molar-refractivity contribution in [1.29, 1.82) is 0 Å². The first kappa shape index (κ1) is 12.4. The van der Waals surface area contributed by atoms with Crippen LogP contribution in [0.4, 0.5) is 5.82 Å².